The lowest BCUT2D eigenvalue weighted by Gasteiger charge is -2.04. The first-order chi connectivity index (χ1) is 10.5. The van der Waals surface area contributed by atoms with Crippen molar-refractivity contribution < 1.29 is 9.90 Å². The number of nitrogens with one attached hydrogen (secondary N) is 2. The van der Waals surface area contributed by atoms with Crippen molar-refractivity contribution in [3.8, 4) is 0 Å². The quantitative estimate of drug-likeness (QED) is 0.625. The van der Waals surface area contributed by atoms with E-state index >= 15 is 0 Å². The van der Waals surface area contributed by atoms with Crippen LogP contribution in [0.2, 0.25) is 10.0 Å². The van der Waals surface area contributed by atoms with Crippen LogP contribution in [0, 0.1) is 0 Å². The first-order valence-electron chi connectivity index (χ1n) is 6.44. The molecule has 0 fully saturated rings. The van der Waals surface area contributed by atoms with Crippen LogP contribution in [0.4, 0.5) is 5.69 Å². The van der Waals surface area contributed by atoms with E-state index in [1.165, 1.54) is 0 Å². The number of halogens is 3. The van der Waals surface area contributed by atoms with E-state index in [-0.39, 0.29) is 18.0 Å². The molecule has 0 saturated heterocycles. The van der Waals surface area contributed by atoms with Crippen LogP contribution >= 0.6 is 35.6 Å². The van der Waals surface area contributed by atoms with Crippen LogP contribution in [-0.4, -0.2) is 21.0 Å². The zero-order chi connectivity index (χ0) is 15.7. The second-order valence-corrected chi connectivity index (χ2v) is 5.52. The SMILES string of the molecule is Cl.O=C(O)c1ccc(NCc2nc3cc(Cl)c(Cl)cc3[nH]2)cc1. The van der Waals surface area contributed by atoms with E-state index in [9.17, 15) is 4.79 Å². The fraction of sp³-hybridized carbons (Fsp3) is 0.0667. The highest BCUT2D eigenvalue weighted by Crippen LogP contribution is 2.26. The predicted molar refractivity (Wildman–Crippen MR) is 94.1 cm³/mol. The Hall–Kier alpha value is -1.95. The molecule has 0 radical (unpaired) electrons. The standard InChI is InChI=1S/C15H11Cl2N3O2.ClH/c16-10-5-12-13(6-11(10)17)20-14(19-12)7-18-9-3-1-8(2-4-9)15(21)22;/h1-6,18H,7H2,(H,19,20)(H,21,22);1H. The first-order valence-corrected chi connectivity index (χ1v) is 7.19. The van der Waals surface area contributed by atoms with Crippen molar-refractivity contribution >= 4 is 58.3 Å². The highest BCUT2D eigenvalue weighted by atomic mass is 35.5. The minimum absolute atomic E-state index is 0. The summed E-state index contributed by atoms with van der Waals surface area (Å²) in [7, 11) is 0. The normalized spacial score (nSPS) is 10.3. The number of nitrogens with zero attached hydrogens (tertiary/aromatic N) is 1. The molecule has 1 aromatic heterocycles. The van der Waals surface area contributed by atoms with Crippen molar-refractivity contribution in [2.75, 3.05) is 5.32 Å². The molecule has 0 saturated carbocycles. The largest absolute Gasteiger partial charge is 0.478 e. The monoisotopic (exact) mass is 371 g/mol. The number of hydrogen-bond donors (Lipinski definition) is 3. The summed E-state index contributed by atoms with van der Waals surface area (Å²) in [6.45, 7) is 0.469. The Morgan fingerprint density at radius 2 is 1.83 bits per heavy atom. The van der Waals surface area contributed by atoms with Gasteiger partial charge in [0.05, 0.1) is 33.2 Å². The van der Waals surface area contributed by atoms with Crippen LogP contribution < -0.4 is 5.32 Å². The molecule has 5 nitrogen and oxygen atoms in total. The smallest absolute Gasteiger partial charge is 0.335 e. The van der Waals surface area contributed by atoms with E-state index in [0.717, 1.165) is 22.5 Å². The Kier molecular flexibility index (Phi) is 5.36. The summed E-state index contributed by atoms with van der Waals surface area (Å²) in [5.41, 5.74) is 2.61. The van der Waals surface area contributed by atoms with Gasteiger partial charge in [0.2, 0.25) is 0 Å². The number of imidazole rings is 1. The zero-order valence-electron chi connectivity index (χ0n) is 11.6. The average molecular weight is 373 g/mol. The Labute approximate surface area is 148 Å². The number of rotatable bonds is 4. The van der Waals surface area contributed by atoms with Crippen LogP contribution in [0.5, 0.6) is 0 Å². The third kappa shape index (κ3) is 3.88. The maximum Gasteiger partial charge on any atom is 0.335 e. The van der Waals surface area contributed by atoms with E-state index in [1.807, 2.05) is 0 Å². The Morgan fingerprint density at radius 3 is 2.48 bits per heavy atom. The van der Waals surface area contributed by atoms with Gasteiger partial charge in [0.15, 0.2) is 0 Å². The number of anilines is 1. The molecule has 0 atom stereocenters. The number of aromatic carboxylic acids is 1. The van der Waals surface area contributed by atoms with E-state index in [2.05, 4.69) is 15.3 Å². The third-order valence-electron chi connectivity index (χ3n) is 3.16. The fourth-order valence-electron chi connectivity index (χ4n) is 2.06. The van der Waals surface area contributed by atoms with Crippen molar-refractivity contribution in [3.05, 3.63) is 57.8 Å². The molecule has 0 amide bonds. The number of benzene rings is 2. The molecular weight excluding hydrogens is 361 g/mol. The molecule has 0 aliphatic rings. The van der Waals surface area contributed by atoms with Crippen molar-refractivity contribution in [1.29, 1.82) is 0 Å². The Balaban J connectivity index is 0.00000192. The molecule has 0 aliphatic heterocycles. The summed E-state index contributed by atoms with van der Waals surface area (Å²) in [5, 5.41) is 13.0. The highest BCUT2D eigenvalue weighted by molar-refractivity contribution is 6.42. The van der Waals surface area contributed by atoms with Crippen LogP contribution in [0.25, 0.3) is 11.0 Å². The maximum atomic E-state index is 10.8. The number of H-pyrrole nitrogens is 1. The number of aromatic nitrogens is 2. The number of fused-ring (bicyclic) bond motifs is 1. The Morgan fingerprint density at radius 1 is 1.17 bits per heavy atom. The van der Waals surface area contributed by atoms with E-state index in [0.29, 0.717) is 16.6 Å². The summed E-state index contributed by atoms with van der Waals surface area (Å²) in [5.74, 6) is -0.215. The first kappa shape index (κ1) is 17.4. The fourth-order valence-corrected chi connectivity index (χ4v) is 2.38. The van der Waals surface area contributed by atoms with Crippen molar-refractivity contribution in [2.24, 2.45) is 0 Å². The highest BCUT2D eigenvalue weighted by Gasteiger charge is 2.07. The van der Waals surface area contributed by atoms with Gasteiger partial charge in [-0.15, -0.1) is 12.4 Å². The van der Waals surface area contributed by atoms with Gasteiger partial charge in [-0.2, -0.15) is 0 Å². The minimum Gasteiger partial charge on any atom is -0.478 e. The van der Waals surface area contributed by atoms with Crippen LogP contribution in [-0.2, 0) is 6.54 Å². The lowest BCUT2D eigenvalue weighted by Crippen LogP contribution is -2.02. The van der Waals surface area contributed by atoms with E-state index < -0.39 is 5.97 Å². The molecule has 0 bridgehead atoms. The van der Waals surface area contributed by atoms with Crippen LogP contribution in [0.1, 0.15) is 16.2 Å². The molecule has 3 aromatic rings. The number of carboxylic acids is 1. The van der Waals surface area contributed by atoms with Gasteiger partial charge in [-0.3, -0.25) is 0 Å². The maximum absolute atomic E-state index is 10.8. The molecule has 2 aromatic carbocycles. The predicted octanol–water partition coefficient (Wildman–Crippen LogP) is 4.60. The van der Waals surface area contributed by atoms with Gasteiger partial charge < -0.3 is 15.4 Å². The van der Waals surface area contributed by atoms with Crippen molar-refractivity contribution in [2.45, 2.75) is 6.54 Å². The summed E-state index contributed by atoms with van der Waals surface area (Å²) in [6.07, 6.45) is 0. The molecule has 0 unspecified atom stereocenters. The lowest BCUT2D eigenvalue weighted by atomic mass is 10.2. The van der Waals surface area contributed by atoms with Gasteiger partial charge in [0.1, 0.15) is 5.82 Å². The van der Waals surface area contributed by atoms with E-state index in [4.69, 9.17) is 28.3 Å². The molecule has 0 aliphatic carbocycles. The molecule has 3 N–H and O–H groups in total. The number of hydrogen-bond acceptors (Lipinski definition) is 3. The molecular formula is C15H12Cl3N3O2. The molecule has 3 rings (SSSR count). The summed E-state index contributed by atoms with van der Waals surface area (Å²) in [6, 6.07) is 9.95. The van der Waals surface area contributed by atoms with E-state index in [1.54, 1.807) is 36.4 Å². The van der Waals surface area contributed by atoms with Crippen molar-refractivity contribution in [1.82, 2.24) is 9.97 Å². The molecule has 23 heavy (non-hydrogen) atoms. The lowest BCUT2D eigenvalue weighted by molar-refractivity contribution is 0.0697. The number of aromatic amines is 1. The van der Waals surface area contributed by atoms with Crippen LogP contribution in [0.15, 0.2) is 36.4 Å². The third-order valence-corrected chi connectivity index (χ3v) is 3.89. The Bertz CT molecular complexity index is 808. The second kappa shape index (κ2) is 7.08. The molecule has 120 valence electrons. The van der Waals surface area contributed by atoms with Gasteiger partial charge in [-0.25, -0.2) is 9.78 Å². The number of carboxylic acid groups (broad SMARTS) is 1. The molecule has 8 heteroatoms. The van der Waals surface area contributed by atoms with Gasteiger partial charge >= 0.3 is 5.97 Å². The second-order valence-electron chi connectivity index (χ2n) is 4.70. The number of carbonyl (C=O) groups is 1. The van der Waals surface area contributed by atoms with Gasteiger partial charge in [0, 0.05) is 5.69 Å². The average Bonchev–Trinajstić information content (AvgIpc) is 2.88. The van der Waals surface area contributed by atoms with Gasteiger partial charge in [-0.05, 0) is 36.4 Å². The van der Waals surface area contributed by atoms with Crippen LogP contribution in [0.3, 0.4) is 0 Å². The molecule has 0 spiro atoms. The van der Waals surface area contributed by atoms with Crippen molar-refractivity contribution in [3.63, 3.8) is 0 Å². The molecule has 1 heterocycles. The topological polar surface area (TPSA) is 78.0 Å². The van der Waals surface area contributed by atoms with Gasteiger partial charge in [0.25, 0.3) is 0 Å². The minimum atomic E-state index is -0.947. The zero-order valence-corrected chi connectivity index (χ0v) is 14.0. The van der Waals surface area contributed by atoms with Gasteiger partial charge in [-0.1, -0.05) is 23.2 Å². The summed E-state index contributed by atoms with van der Waals surface area (Å²) in [4.78, 5) is 18.4. The summed E-state index contributed by atoms with van der Waals surface area (Å²) < 4.78 is 0. The summed E-state index contributed by atoms with van der Waals surface area (Å²) >= 11 is 11.9.